The van der Waals surface area contributed by atoms with E-state index in [1.54, 1.807) is 0 Å². The van der Waals surface area contributed by atoms with Crippen LogP contribution in [0.2, 0.25) is 5.02 Å². The summed E-state index contributed by atoms with van der Waals surface area (Å²) < 4.78 is 0. The molecule has 1 heterocycles. The van der Waals surface area contributed by atoms with Crippen molar-refractivity contribution in [2.75, 3.05) is 37.6 Å². The Balaban J connectivity index is 1.46. The summed E-state index contributed by atoms with van der Waals surface area (Å²) in [6.45, 7) is 8.70. The van der Waals surface area contributed by atoms with Gasteiger partial charge in [-0.15, -0.1) is 0 Å². The number of carbonyl (C=O) groups excluding carboxylic acids is 1. The fourth-order valence-corrected chi connectivity index (χ4v) is 4.35. The molecule has 0 aromatic heterocycles. The van der Waals surface area contributed by atoms with Crippen molar-refractivity contribution in [1.29, 1.82) is 0 Å². The van der Waals surface area contributed by atoms with Crippen LogP contribution >= 0.6 is 11.6 Å². The van der Waals surface area contributed by atoms with Gasteiger partial charge in [-0.1, -0.05) is 50.4 Å². The highest BCUT2D eigenvalue weighted by Gasteiger charge is 2.29. The first kappa shape index (κ1) is 18.5. The van der Waals surface area contributed by atoms with Gasteiger partial charge in [-0.3, -0.25) is 9.69 Å². The molecule has 3 unspecified atom stereocenters. The lowest BCUT2D eigenvalue weighted by Gasteiger charge is -2.37. The van der Waals surface area contributed by atoms with Gasteiger partial charge in [-0.05, 0) is 30.4 Å². The molecule has 1 aromatic rings. The van der Waals surface area contributed by atoms with E-state index in [0.717, 1.165) is 43.3 Å². The van der Waals surface area contributed by atoms with Crippen LogP contribution in [0.5, 0.6) is 0 Å². The minimum Gasteiger partial charge on any atom is -0.368 e. The number of benzene rings is 1. The van der Waals surface area contributed by atoms with E-state index in [-0.39, 0.29) is 5.91 Å². The van der Waals surface area contributed by atoms with E-state index in [9.17, 15) is 4.79 Å². The third-order valence-corrected chi connectivity index (χ3v) is 6.31. The first-order chi connectivity index (χ1) is 12.0. The summed E-state index contributed by atoms with van der Waals surface area (Å²) in [5, 5.41) is 4.08. The van der Waals surface area contributed by atoms with Crippen molar-refractivity contribution in [3.8, 4) is 0 Å². The van der Waals surface area contributed by atoms with Crippen molar-refractivity contribution >= 4 is 23.2 Å². The summed E-state index contributed by atoms with van der Waals surface area (Å²) in [4.78, 5) is 17.0. The van der Waals surface area contributed by atoms with Gasteiger partial charge < -0.3 is 10.2 Å². The van der Waals surface area contributed by atoms with Crippen molar-refractivity contribution in [3.63, 3.8) is 0 Å². The SMILES string of the molecule is CC1CCCC(NC(=O)CN2CCN(c3ccccc3Cl)CC2)C1C. The van der Waals surface area contributed by atoms with Crippen LogP contribution in [0.15, 0.2) is 24.3 Å². The second-order valence-corrected chi connectivity index (χ2v) is 8.06. The Morgan fingerprint density at radius 2 is 1.88 bits per heavy atom. The predicted octanol–water partition coefficient (Wildman–Crippen LogP) is 3.40. The Morgan fingerprint density at radius 1 is 1.16 bits per heavy atom. The molecule has 4 nitrogen and oxygen atoms in total. The molecule has 1 aromatic carbocycles. The van der Waals surface area contributed by atoms with E-state index in [1.807, 2.05) is 18.2 Å². The monoisotopic (exact) mass is 363 g/mol. The summed E-state index contributed by atoms with van der Waals surface area (Å²) >= 11 is 6.29. The zero-order valence-electron chi connectivity index (χ0n) is 15.4. The van der Waals surface area contributed by atoms with Crippen LogP contribution in [0.1, 0.15) is 33.1 Å². The number of hydrogen-bond donors (Lipinski definition) is 1. The number of halogens is 1. The van der Waals surface area contributed by atoms with Crippen molar-refractivity contribution in [1.82, 2.24) is 10.2 Å². The van der Waals surface area contributed by atoms with Crippen LogP contribution in [0.3, 0.4) is 0 Å². The number of para-hydroxylation sites is 1. The van der Waals surface area contributed by atoms with Gasteiger partial charge in [-0.25, -0.2) is 0 Å². The number of piperazine rings is 1. The van der Waals surface area contributed by atoms with Crippen LogP contribution in [0, 0.1) is 11.8 Å². The van der Waals surface area contributed by atoms with Crippen LogP contribution in [0.25, 0.3) is 0 Å². The van der Waals surface area contributed by atoms with Crippen LogP contribution in [0.4, 0.5) is 5.69 Å². The van der Waals surface area contributed by atoms with Crippen LogP contribution in [-0.4, -0.2) is 49.6 Å². The minimum atomic E-state index is 0.178. The second-order valence-electron chi connectivity index (χ2n) is 7.66. The number of amides is 1. The van der Waals surface area contributed by atoms with Gasteiger partial charge in [0.05, 0.1) is 17.3 Å². The molecular formula is C20H30ClN3O. The minimum absolute atomic E-state index is 0.178. The molecule has 1 amide bonds. The smallest absolute Gasteiger partial charge is 0.234 e. The molecule has 0 bridgehead atoms. The molecule has 5 heteroatoms. The van der Waals surface area contributed by atoms with Crippen molar-refractivity contribution < 1.29 is 4.79 Å². The second kappa shape index (κ2) is 8.41. The van der Waals surface area contributed by atoms with Gasteiger partial charge in [0.25, 0.3) is 0 Å². The Morgan fingerprint density at radius 3 is 2.60 bits per heavy atom. The molecule has 3 rings (SSSR count). The van der Waals surface area contributed by atoms with Crippen LogP contribution in [-0.2, 0) is 4.79 Å². The summed E-state index contributed by atoms with van der Waals surface area (Å²) in [5.74, 6) is 1.46. The quantitative estimate of drug-likeness (QED) is 0.890. The lowest BCUT2D eigenvalue weighted by atomic mass is 9.78. The highest BCUT2D eigenvalue weighted by atomic mass is 35.5. The fraction of sp³-hybridized carbons (Fsp3) is 0.650. The predicted molar refractivity (Wildman–Crippen MR) is 104 cm³/mol. The highest BCUT2D eigenvalue weighted by molar-refractivity contribution is 6.33. The van der Waals surface area contributed by atoms with E-state index in [1.165, 1.54) is 12.8 Å². The lowest BCUT2D eigenvalue weighted by Crippen LogP contribution is -2.52. The number of nitrogens with one attached hydrogen (secondary N) is 1. The molecule has 1 aliphatic heterocycles. The molecule has 3 atom stereocenters. The van der Waals surface area contributed by atoms with Crippen LogP contribution < -0.4 is 10.2 Å². The summed E-state index contributed by atoms with van der Waals surface area (Å²) in [6, 6.07) is 8.33. The molecule has 0 radical (unpaired) electrons. The number of nitrogens with zero attached hydrogens (tertiary/aromatic N) is 2. The van der Waals surface area contributed by atoms with Crippen molar-refractivity contribution in [2.45, 2.75) is 39.2 Å². The van der Waals surface area contributed by atoms with Crippen molar-refractivity contribution in [2.24, 2.45) is 11.8 Å². The number of rotatable bonds is 4. The maximum atomic E-state index is 12.4. The first-order valence-electron chi connectivity index (χ1n) is 9.56. The average molecular weight is 364 g/mol. The molecule has 2 aliphatic rings. The first-order valence-corrected chi connectivity index (χ1v) is 9.93. The average Bonchev–Trinajstić information content (AvgIpc) is 2.60. The van der Waals surface area contributed by atoms with Gasteiger partial charge in [0.1, 0.15) is 0 Å². The van der Waals surface area contributed by atoms with Crippen molar-refractivity contribution in [3.05, 3.63) is 29.3 Å². The molecule has 1 saturated heterocycles. The van der Waals surface area contributed by atoms with Gasteiger partial charge in [-0.2, -0.15) is 0 Å². The lowest BCUT2D eigenvalue weighted by molar-refractivity contribution is -0.123. The van der Waals surface area contributed by atoms with E-state index in [4.69, 9.17) is 11.6 Å². The largest absolute Gasteiger partial charge is 0.368 e. The zero-order valence-corrected chi connectivity index (χ0v) is 16.1. The van der Waals surface area contributed by atoms with E-state index >= 15 is 0 Å². The van der Waals surface area contributed by atoms with Gasteiger partial charge in [0.2, 0.25) is 5.91 Å². The molecule has 25 heavy (non-hydrogen) atoms. The number of carbonyl (C=O) groups is 1. The van der Waals surface area contributed by atoms with Gasteiger partial charge in [0.15, 0.2) is 0 Å². The summed E-state index contributed by atoms with van der Waals surface area (Å²) in [6.07, 6.45) is 3.64. The molecule has 138 valence electrons. The van der Waals surface area contributed by atoms with E-state index < -0.39 is 0 Å². The standard InChI is InChI=1S/C20H30ClN3O/c1-15-6-5-8-18(16(15)2)22-20(25)14-23-10-12-24(13-11-23)19-9-4-3-7-17(19)21/h3-4,7,9,15-16,18H,5-6,8,10-14H2,1-2H3,(H,22,25). The molecule has 1 saturated carbocycles. The zero-order chi connectivity index (χ0) is 17.8. The molecule has 2 fully saturated rings. The maximum absolute atomic E-state index is 12.4. The highest BCUT2D eigenvalue weighted by Crippen LogP contribution is 2.29. The topological polar surface area (TPSA) is 35.6 Å². The molecular weight excluding hydrogens is 334 g/mol. The van der Waals surface area contributed by atoms with Gasteiger partial charge >= 0.3 is 0 Å². The third kappa shape index (κ3) is 4.68. The van der Waals surface area contributed by atoms with E-state index in [2.05, 4.69) is 35.0 Å². The fourth-order valence-electron chi connectivity index (χ4n) is 4.10. The Hall–Kier alpha value is -1.26. The Kier molecular flexibility index (Phi) is 6.24. The molecule has 1 N–H and O–H groups in total. The number of anilines is 1. The third-order valence-electron chi connectivity index (χ3n) is 5.99. The summed E-state index contributed by atoms with van der Waals surface area (Å²) in [5.41, 5.74) is 1.10. The Bertz CT molecular complexity index is 586. The maximum Gasteiger partial charge on any atom is 0.234 e. The molecule has 1 aliphatic carbocycles. The summed E-state index contributed by atoms with van der Waals surface area (Å²) in [7, 11) is 0. The van der Waals surface area contributed by atoms with E-state index in [0.29, 0.717) is 24.4 Å². The number of hydrogen-bond acceptors (Lipinski definition) is 3. The Labute approximate surface area is 156 Å². The normalized spacial score (nSPS) is 28.0. The van der Waals surface area contributed by atoms with Gasteiger partial charge in [0, 0.05) is 32.2 Å². The molecule has 0 spiro atoms.